The number of fused-ring (bicyclic) bond motifs is 1. The number of rotatable bonds is 3. The van der Waals surface area contributed by atoms with Crippen LogP contribution in [0, 0.1) is 11.8 Å². The van der Waals surface area contributed by atoms with Crippen LogP contribution in [0.5, 0.6) is 11.5 Å². The van der Waals surface area contributed by atoms with Gasteiger partial charge in [0.2, 0.25) is 0 Å². The van der Waals surface area contributed by atoms with E-state index in [1.165, 1.54) is 16.8 Å². The molecule has 3 aromatic carbocycles. The maximum Gasteiger partial charge on any atom is 0.161 e. The Morgan fingerprint density at radius 3 is 2.18 bits per heavy atom. The van der Waals surface area contributed by atoms with Gasteiger partial charge in [0.25, 0.3) is 0 Å². The van der Waals surface area contributed by atoms with Gasteiger partial charge in [-0.2, -0.15) is 0 Å². The summed E-state index contributed by atoms with van der Waals surface area (Å²) in [6, 6.07) is 24.7. The van der Waals surface area contributed by atoms with Gasteiger partial charge in [-0.25, -0.2) is 0 Å². The second-order valence-electron chi connectivity index (χ2n) is 6.72. The molecule has 28 heavy (non-hydrogen) atoms. The van der Waals surface area contributed by atoms with Gasteiger partial charge in [0.1, 0.15) is 6.04 Å². The number of hydrogen-bond donors (Lipinski definition) is 0. The third kappa shape index (κ3) is 3.54. The van der Waals surface area contributed by atoms with Gasteiger partial charge in [-0.15, -0.1) is 0 Å². The number of anilines is 1. The fraction of sp³-hybridized carbons (Fsp3) is 0.200. The standard InChI is InChI=1S/C25H23NO2/c1-27-24-17-20-15-16-26(21-11-7-4-8-12-21)23(22(20)18-25(24)28-2)14-13-19-9-5-3-6-10-19/h3-12,17-18,23H,15-16H2,1-2H3. The Balaban J connectivity index is 1.82. The van der Waals surface area contributed by atoms with Crippen molar-refractivity contribution in [1.82, 2.24) is 0 Å². The van der Waals surface area contributed by atoms with E-state index in [0.29, 0.717) is 0 Å². The first-order chi connectivity index (χ1) is 13.8. The van der Waals surface area contributed by atoms with E-state index in [1.54, 1.807) is 14.2 Å². The Kier molecular flexibility index (Phi) is 5.21. The van der Waals surface area contributed by atoms with Gasteiger partial charge in [-0.05, 0) is 53.9 Å². The van der Waals surface area contributed by atoms with Gasteiger partial charge in [-0.3, -0.25) is 0 Å². The van der Waals surface area contributed by atoms with Gasteiger partial charge in [0.05, 0.1) is 14.2 Å². The van der Waals surface area contributed by atoms with E-state index in [-0.39, 0.29) is 6.04 Å². The van der Waals surface area contributed by atoms with E-state index in [2.05, 4.69) is 53.1 Å². The summed E-state index contributed by atoms with van der Waals surface area (Å²) in [5, 5.41) is 0. The summed E-state index contributed by atoms with van der Waals surface area (Å²) in [6.45, 7) is 0.903. The molecule has 3 nitrogen and oxygen atoms in total. The van der Waals surface area contributed by atoms with Crippen LogP contribution in [0.4, 0.5) is 5.69 Å². The molecule has 3 heteroatoms. The van der Waals surface area contributed by atoms with Crippen LogP contribution in [-0.4, -0.2) is 20.8 Å². The first kappa shape index (κ1) is 18.0. The summed E-state index contributed by atoms with van der Waals surface area (Å²) in [5.74, 6) is 8.37. The lowest BCUT2D eigenvalue weighted by molar-refractivity contribution is 0.353. The molecule has 1 aliphatic rings. The maximum atomic E-state index is 5.56. The first-order valence-electron chi connectivity index (χ1n) is 9.43. The Morgan fingerprint density at radius 2 is 1.50 bits per heavy atom. The average Bonchev–Trinajstić information content (AvgIpc) is 2.77. The van der Waals surface area contributed by atoms with Gasteiger partial charge >= 0.3 is 0 Å². The molecule has 0 saturated carbocycles. The smallest absolute Gasteiger partial charge is 0.161 e. The first-order valence-corrected chi connectivity index (χ1v) is 9.43. The third-order valence-corrected chi connectivity index (χ3v) is 5.09. The second kappa shape index (κ2) is 8.10. The van der Waals surface area contributed by atoms with Crippen LogP contribution in [0.2, 0.25) is 0 Å². The highest BCUT2D eigenvalue weighted by molar-refractivity contribution is 5.59. The van der Waals surface area contributed by atoms with Crippen molar-refractivity contribution in [3.8, 4) is 23.3 Å². The molecule has 0 N–H and O–H groups in total. The predicted octanol–water partition coefficient (Wildman–Crippen LogP) is 4.86. The number of nitrogens with zero attached hydrogens (tertiary/aromatic N) is 1. The fourth-order valence-electron chi connectivity index (χ4n) is 3.67. The molecular formula is C25H23NO2. The molecule has 1 aliphatic heterocycles. The lowest BCUT2D eigenvalue weighted by Gasteiger charge is -2.36. The quantitative estimate of drug-likeness (QED) is 0.616. The van der Waals surface area contributed by atoms with Crippen LogP contribution in [0.15, 0.2) is 72.8 Å². The Morgan fingerprint density at radius 1 is 0.857 bits per heavy atom. The summed E-state index contributed by atoms with van der Waals surface area (Å²) in [4.78, 5) is 2.37. The van der Waals surface area contributed by atoms with Crippen molar-refractivity contribution in [3.63, 3.8) is 0 Å². The lowest BCUT2D eigenvalue weighted by Crippen LogP contribution is -2.35. The van der Waals surface area contributed by atoms with Crippen molar-refractivity contribution in [1.29, 1.82) is 0 Å². The zero-order valence-corrected chi connectivity index (χ0v) is 16.2. The number of methoxy groups -OCH3 is 2. The van der Waals surface area contributed by atoms with Crippen molar-refractivity contribution in [2.45, 2.75) is 12.5 Å². The summed E-state index contributed by atoms with van der Waals surface area (Å²) < 4.78 is 11.1. The molecule has 1 unspecified atom stereocenters. The molecule has 1 heterocycles. The minimum Gasteiger partial charge on any atom is -0.493 e. The summed E-state index contributed by atoms with van der Waals surface area (Å²) in [5.41, 5.74) is 4.63. The topological polar surface area (TPSA) is 21.7 Å². The molecule has 0 bridgehead atoms. The number of para-hydroxylation sites is 1. The van der Waals surface area contributed by atoms with E-state index in [0.717, 1.165) is 30.0 Å². The molecular weight excluding hydrogens is 346 g/mol. The van der Waals surface area contributed by atoms with Gasteiger partial charge in [0.15, 0.2) is 11.5 Å². The highest BCUT2D eigenvalue weighted by Gasteiger charge is 2.28. The van der Waals surface area contributed by atoms with E-state index < -0.39 is 0 Å². The van der Waals surface area contributed by atoms with Crippen molar-refractivity contribution in [2.75, 3.05) is 25.7 Å². The van der Waals surface area contributed by atoms with Crippen LogP contribution in [0.3, 0.4) is 0 Å². The molecule has 0 radical (unpaired) electrons. The molecule has 0 saturated heterocycles. The third-order valence-electron chi connectivity index (χ3n) is 5.09. The van der Waals surface area contributed by atoms with Gasteiger partial charge in [-0.1, -0.05) is 48.2 Å². The van der Waals surface area contributed by atoms with Crippen LogP contribution in [-0.2, 0) is 6.42 Å². The molecule has 0 fully saturated rings. The maximum absolute atomic E-state index is 5.56. The van der Waals surface area contributed by atoms with Crippen molar-refractivity contribution < 1.29 is 9.47 Å². The molecule has 0 spiro atoms. The predicted molar refractivity (Wildman–Crippen MR) is 113 cm³/mol. The minimum atomic E-state index is -0.0498. The Hall–Kier alpha value is -3.38. The van der Waals surface area contributed by atoms with E-state index in [4.69, 9.17) is 9.47 Å². The number of hydrogen-bond acceptors (Lipinski definition) is 3. The van der Waals surface area contributed by atoms with Crippen molar-refractivity contribution >= 4 is 5.69 Å². The highest BCUT2D eigenvalue weighted by Crippen LogP contribution is 2.39. The van der Waals surface area contributed by atoms with Crippen LogP contribution < -0.4 is 14.4 Å². The molecule has 0 aromatic heterocycles. The summed E-state index contributed by atoms with van der Waals surface area (Å²) >= 11 is 0. The molecule has 4 rings (SSSR count). The van der Waals surface area contributed by atoms with Crippen LogP contribution >= 0.6 is 0 Å². The molecule has 0 aliphatic carbocycles. The van der Waals surface area contributed by atoms with Gasteiger partial charge < -0.3 is 14.4 Å². The molecule has 140 valence electrons. The molecule has 1 atom stereocenters. The second-order valence-corrected chi connectivity index (χ2v) is 6.72. The molecule has 3 aromatic rings. The van der Waals surface area contributed by atoms with Gasteiger partial charge in [0, 0.05) is 17.8 Å². The SMILES string of the molecule is COc1cc2c(cc1OC)C(C#Cc1ccccc1)N(c1ccccc1)CC2. The van der Waals surface area contributed by atoms with Crippen LogP contribution in [0.25, 0.3) is 0 Å². The Labute approximate surface area is 166 Å². The van der Waals surface area contributed by atoms with E-state index in [9.17, 15) is 0 Å². The summed E-state index contributed by atoms with van der Waals surface area (Å²) in [6.07, 6.45) is 0.939. The normalized spacial score (nSPS) is 15.2. The monoisotopic (exact) mass is 369 g/mol. The number of ether oxygens (including phenoxy) is 2. The van der Waals surface area contributed by atoms with E-state index >= 15 is 0 Å². The lowest BCUT2D eigenvalue weighted by atomic mass is 9.91. The van der Waals surface area contributed by atoms with Crippen LogP contribution in [0.1, 0.15) is 22.7 Å². The van der Waals surface area contributed by atoms with E-state index in [1.807, 2.05) is 36.4 Å². The fourth-order valence-corrected chi connectivity index (χ4v) is 3.67. The molecule has 0 amide bonds. The van der Waals surface area contributed by atoms with Crippen molar-refractivity contribution in [3.05, 3.63) is 89.5 Å². The minimum absolute atomic E-state index is 0.0498. The average molecular weight is 369 g/mol. The zero-order valence-electron chi connectivity index (χ0n) is 16.2. The highest BCUT2D eigenvalue weighted by atomic mass is 16.5. The Bertz CT molecular complexity index is 1000. The largest absolute Gasteiger partial charge is 0.493 e. The van der Waals surface area contributed by atoms with Crippen molar-refractivity contribution in [2.24, 2.45) is 0 Å². The zero-order chi connectivity index (χ0) is 19.3. The summed E-state index contributed by atoms with van der Waals surface area (Å²) in [7, 11) is 3.35. The number of benzene rings is 3.